The first-order chi connectivity index (χ1) is 9.49. The van der Waals surface area contributed by atoms with E-state index in [4.69, 9.17) is 4.74 Å². The minimum Gasteiger partial charge on any atom is -0.466 e. The quantitative estimate of drug-likeness (QED) is 0.602. The first-order valence-corrected chi connectivity index (χ1v) is 6.14. The van der Waals surface area contributed by atoms with E-state index in [1.165, 1.54) is 10.9 Å². The number of carbonyl (C=O) groups excluding carboxylic acids is 3. The number of aromatic nitrogens is 2. The second-order valence-electron chi connectivity index (χ2n) is 3.78. The van der Waals surface area contributed by atoms with Crippen molar-refractivity contribution in [2.75, 3.05) is 18.5 Å². The van der Waals surface area contributed by atoms with E-state index < -0.39 is 24.3 Å². The lowest BCUT2D eigenvalue weighted by molar-refractivity contribution is -0.145. The number of ether oxygens (including phenoxy) is 2. The molecule has 0 radical (unpaired) electrons. The summed E-state index contributed by atoms with van der Waals surface area (Å²) in [5, 5.41) is 6.32. The number of hydrogen-bond acceptors (Lipinski definition) is 6. The lowest BCUT2D eigenvalue weighted by atomic mass is 10.3. The molecule has 1 heterocycles. The molecule has 0 saturated carbocycles. The minimum atomic E-state index is -0.634. The molecule has 0 unspecified atom stereocenters. The molecule has 0 atom stereocenters. The molecule has 0 aliphatic rings. The number of amides is 1. The Bertz CT molecular complexity index is 509. The molecule has 1 N–H and O–H groups in total. The van der Waals surface area contributed by atoms with Crippen molar-refractivity contribution in [2.24, 2.45) is 7.05 Å². The van der Waals surface area contributed by atoms with E-state index in [-0.39, 0.29) is 24.6 Å². The summed E-state index contributed by atoms with van der Waals surface area (Å²) in [6.07, 6.45) is 0.860. The van der Waals surface area contributed by atoms with Gasteiger partial charge in [-0.3, -0.25) is 14.3 Å². The number of rotatable bonds is 6. The predicted molar refractivity (Wildman–Crippen MR) is 69.0 cm³/mol. The summed E-state index contributed by atoms with van der Waals surface area (Å²) in [4.78, 5) is 34.5. The molecule has 0 aliphatic carbocycles. The van der Waals surface area contributed by atoms with Gasteiger partial charge in [-0.1, -0.05) is 0 Å². The molecule has 0 bridgehead atoms. The van der Waals surface area contributed by atoms with Gasteiger partial charge in [0.1, 0.15) is 17.8 Å². The van der Waals surface area contributed by atoms with Crippen LogP contribution in [0.25, 0.3) is 0 Å². The van der Waals surface area contributed by atoms with Gasteiger partial charge in [-0.25, -0.2) is 4.79 Å². The molecular weight excluding hydrogens is 266 g/mol. The van der Waals surface area contributed by atoms with Crippen molar-refractivity contribution in [2.45, 2.75) is 20.3 Å². The zero-order valence-electron chi connectivity index (χ0n) is 11.6. The van der Waals surface area contributed by atoms with E-state index in [9.17, 15) is 14.4 Å². The van der Waals surface area contributed by atoms with E-state index in [0.29, 0.717) is 0 Å². The zero-order chi connectivity index (χ0) is 15.1. The molecule has 0 aliphatic heterocycles. The van der Waals surface area contributed by atoms with Crippen LogP contribution in [0.5, 0.6) is 0 Å². The average Bonchev–Trinajstić information content (AvgIpc) is 2.71. The van der Waals surface area contributed by atoms with Gasteiger partial charge >= 0.3 is 11.9 Å². The fourth-order valence-electron chi connectivity index (χ4n) is 1.46. The van der Waals surface area contributed by atoms with Crippen LogP contribution < -0.4 is 5.32 Å². The summed E-state index contributed by atoms with van der Waals surface area (Å²) < 4.78 is 10.8. The number of nitrogens with one attached hydrogen (secondary N) is 1. The summed E-state index contributed by atoms with van der Waals surface area (Å²) in [5.41, 5.74) is 0.131. The van der Waals surface area contributed by atoms with Gasteiger partial charge < -0.3 is 14.8 Å². The van der Waals surface area contributed by atoms with Crippen LogP contribution >= 0.6 is 0 Å². The highest BCUT2D eigenvalue weighted by Crippen LogP contribution is 2.15. The van der Waals surface area contributed by atoms with Gasteiger partial charge in [0.25, 0.3) is 0 Å². The van der Waals surface area contributed by atoms with Gasteiger partial charge in [-0.15, -0.1) is 0 Å². The first-order valence-electron chi connectivity index (χ1n) is 6.14. The lowest BCUT2D eigenvalue weighted by Crippen LogP contribution is -2.21. The highest BCUT2D eigenvalue weighted by molar-refractivity contribution is 6.05. The summed E-state index contributed by atoms with van der Waals surface area (Å²) >= 11 is 0. The van der Waals surface area contributed by atoms with Crippen molar-refractivity contribution in [1.82, 2.24) is 9.78 Å². The smallest absolute Gasteiger partial charge is 0.343 e. The van der Waals surface area contributed by atoms with Crippen molar-refractivity contribution >= 4 is 23.7 Å². The van der Waals surface area contributed by atoms with Gasteiger partial charge in [0.2, 0.25) is 5.91 Å². The van der Waals surface area contributed by atoms with Gasteiger partial charge in [0.05, 0.1) is 19.4 Å². The van der Waals surface area contributed by atoms with E-state index in [1.54, 1.807) is 20.9 Å². The topological polar surface area (TPSA) is 99.5 Å². The van der Waals surface area contributed by atoms with Crippen molar-refractivity contribution in [3.63, 3.8) is 0 Å². The lowest BCUT2D eigenvalue weighted by Gasteiger charge is -2.07. The minimum absolute atomic E-state index is 0.131. The fourth-order valence-corrected chi connectivity index (χ4v) is 1.46. The van der Waals surface area contributed by atoms with Crippen molar-refractivity contribution in [3.8, 4) is 0 Å². The molecule has 8 heteroatoms. The molecule has 0 spiro atoms. The zero-order valence-corrected chi connectivity index (χ0v) is 11.6. The Hall–Kier alpha value is -2.38. The van der Waals surface area contributed by atoms with Crippen LogP contribution in [0.2, 0.25) is 0 Å². The highest BCUT2D eigenvalue weighted by Gasteiger charge is 2.20. The van der Waals surface area contributed by atoms with Crippen LogP contribution in [0.3, 0.4) is 0 Å². The number of hydrogen-bond donors (Lipinski definition) is 1. The van der Waals surface area contributed by atoms with Crippen molar-refractivity contribution < 1.29 is 23.9 Å². The standard InChI is InChI=1S/C12H17N3O5/c1-4-19-10(17)6-9(16)14-11-8(7-13-15(11)3)12(18)20-5-2/h7H,4-6H2,1-3H3,(H,14,16). The fraction of sp³-hybridized carbons (Fsp3) is 0.500. The Labute approximate surface area is 116 Å². The first kappa shape index (κ1) is 15.7. The molecule has 110 valence electrons. The molecule has 1 amide bonds. The largest absolute Gasteiger partial charge is 0.466 e. The van der Waals surface area contributed by atoms with E-state index in [0.717, 1.165) is 0 Å². The molecule has 1 aromatic rings. The summed E-state index contributed by atoms with van der Waals surface area (Å²) in [5.74, 6) is -1.63. The van der Waals surface area contributed by atoms with Crippen LogP contribution in [-0.2, 0) is 26.1 Å². The molecule has 0 saturated heterocycles. The maximum Gasteiger partial charge on any atom is 0.343 e. The van der Waals surface area contributed by atoms with Gasteiger partial charge in [-0.05, 0) is 13.8 Å². The third-order valence-electron chi connectivity index (χ3n) is 2.30. The van der Waals surface area contributed by atoms with Crippen molar-refractivity contribution in [3.05, 3.63) is 11.8 Å². The Morgan fingerprint density at radius 3 is 2.50 bits per heavy atom. The van der Waals surface area contributed by atoms with E-state index >= 15 is 0 Å². The molecule has 8 nitrogen and oxygen atoms in total. The van der Waals surface area contributed by atoms with E-state index in [2.05, 4.69) is 15.2 Å². The second kappa shape index (κ2) is 7.27. The summed E-state index contributed by atoms with van der Waals surface area (Å²) in [6.45, 7) is 3.74. The van der Waals surface area contributed by atoms with Gasteiger partial charge in [0, 0.05) is 7.05 Å². The molecule has 1 rings (SSSR count). The third-order valence-corrected chi connectivity index (χ3v) is 2.30. The van der Waals surface area contributed by atoms with Crippen LogP contribution in [-0.4, -0.2) is 40.8 Å². The monoisotopic (exact) mass is 283 g/mol. The summed E-state index contributed by atoms with van der Waals surface area (Å²) in [6, 6.07) is 0. The third kappa shape index (κ3) is 4.08. The molecule has 1 aromatic heterocycles. The number of esters is 2. The molecule has 0 aromatic carbocycles. The maximum atomic E-state index is 11.7. The average molecular weight is 283 g/mol. The Kier molecular flexibility index (Phi) is 5.70. The summed E-state index contributed by atoms with van der Waals surface area (Å²) in [7, 11) is 1.56. The van der Waals surface area contributed by atoms with Gasteiger partial charge in [0.15, 0.2) is 0 Å². The van der Waals surface area contributed by atoms with Crippen LogP contribution in [0.1, 0.15) is 30.6 Å². The van der Waals surface area contributed by atoms with Gasteiger partial charge in [-0.2, -0.15) is 5.10 Å². The number of aryl methyl sites for hydroxylation is 1. The Morgan fingerprint density at radius 2 is 1.90 bits per heavy atom. The van der Waals surface area contributed by atoms with Crippen molar-refractivity contribution in [1.29, 1.82) is 0 Å². The Morgan fingerprint density at radius 1 is 1.25 bits per heavy atom. The van der Waals surface area contributed by atoms with Crippen LogP contribution in [0, 0.1) is 0 Å². The van der Waals surface area contributed by atoms with Crippen LogP contribution in [0.15, 0.2) is 6.20 Å². The highest BCUT2D eigenvalue weighted by atomic mass is 16.5. The molecular formula is C12H17N3O5. The Balaban J connectivity index is 2.76. The number of anilines is 1. The predicted octanol–water partition coefficient (Wildman–Crippen LogP) is 0.488. The normalized spacial score (nSPS) is 9.95. The number of nitrogens with zero attached hydrogens (tertiary/aromatic N) is 2. The number of carbonyl (C=O) groups is 3. The molecule has 0 fully saturated rings. The molecule has 20 heavy (non-hydrogen) atoms. The maximum absolute atomic E-state index is 11.7. The van der Waals surface area contributed by atoms with E-state index in [1.807, 2.05) is 0 Å². The van der Waals surface area contributed by atoms with Crippen LogP contribution in [0.4, 0.5) is 5.82 Å². The SMILES string of the molecule is CCOC(=O)CC(=O)Nc1c(C(=O)OCC)cnn1C. The second-order valence-corrected chi connectivity index (χ2v) is 3.78.